The fourth-order valence-corrected chi connectivity index (χ4v) is 5.90. The van der Waals surface area contributed by atoms with E-state index in [-0.39, 0.29) is 24.3 Å². The maximum atomic E-state index is 13.9. The number of carbonyl (C=O) groups is 2. The minimum absolute atomic E-state index is 0.198. The van der Waals surface area contributed by atoms with Gasteiger partial charge in [0.25, 0.3) is 5.91 Å². The molecule has 0 bridgehead atoms. The van der Waals surface area contributed by atoms with E-state index < -0.39 is 4.87 Å². The van der Waals surface area contributed by atoms with Crippen molar-refractivity contribution in [2.24, 2.45) is 0 Å². The van der Waals surface area contributed by atoms with Gasteiger partial charge in [0, 0.05) is 29.6 Å². The molecule has 3 amide bonds. The Kier molecular flexibility index (Phi) is 5.46. The van der Waals surface area contributed by atoms with Crippen LogP contribution in [0.4, 0.5) is 20.6 Å². The lowest BCUT2D eigenvalue weighted by molar-refractivity contribution is -0.123. The summed E-state index contributed by atoms with van der Waals surface area (Å²) in [6, 6.07) is 20.5. The van der Waals surface area contributed by atoms with Gasteiger partial charge >= 0.3 is 6.03 Å². The summed E-state index contributed by atoms with van der Waals surface area (Å²) < 4.78 is 19.0. The maximum Gasteiger partial charge on any atom is 0.323 e. The second-order valence-corrected chi connectivity index (χ2v) is 9.13. The number of methoxy groups -OCH3 is 1. The molecular formula is C25H22FN3O3S. The lowest BCUT2D eigenvalue weighted by atomic mass is 10.1. The molecule has 2 heterocycles. The number of carbonyl (C=O) groups excluding carboxylic acids is 2. The Morgan fingerprint density at radius 2 is 1.94 bits per heavy atom. The fraction of sp³-hybridized carbons (Fsp3) is 0.200. The van der Waals surface area contributed by atoms with Crippen molar-refractivity contribution in [3.8, 4) is 5.75 Å². The van der Waals surface area contributed by atoms with Crippen molar-refractivity contribution in [1.29, 1.82) is 0 Å². The lowest BCUT2D eigenvalue weighted by Gasteiger charge is -2.33. The van der Waals surface area contributed by atoms with Crippen LogP contribution in [0.5, 0.6) is 5.75 Å². The predicted molar refractivity (Wildman–Crippen MR) is 127 cm³/mol. The molecule has 0 aromatic heterocycles. The van der Waals surface area contributed by atoms with Crippen molar-refractivity contribution in [3.63, 3.8) is 0 Å². The largest absolute Gasteiger partial charge is 0.497 e. The van der Waals surface area contributed by atoms with Gasteiger partial charge in [0.2, 0.25) is 0 Å². The number of hydrogen-bond donors (Lipinski definition) is 1. The van der Waals surface area contributed by atoms with Gasteiger partial charge in [0.05, 0.1) is 19.3 Å². The topological polar surface area (TPSA) is 61.9 Å². The molecule has 0 saturated carbocycles. The van der Waals surface area contributed by atoms with Crippen LogP contribution in [0.3, 0.4) is 0 Å². The number of thioether (sulfide) groups is 1. The van der Waals surface area contributed by atoms with E-state index in [1.54, 1.807) is 53.3 Å². The van der Waals surface area contributed by atoms with Crippen LogP contribution >= 0.6 is 11.8 Å². The molecule has 3 aromatic carbocycles. The van der Waals surface area contributed by atoms with Crippen molar-refractivity contribution in [2.45, 2.75) is 11.4 Å². The molecule has 168 valence electrons. The number of anilines is 2. The molecule has 6 nitrogen and oxygen atoms in total. The lowest BCUT2D eigenvalue weighted by Crippen LogP contribution is -2.51. The highest BCUT2D eigenvalue weighted by Gasteiger charge is 2.59. The first-order chi connectivity index (χ1) is 16.0. The zero-order valence-electron chi connectivity index (χ0n) is 18.0. The molecule has 1 spiro atoms. The molecule has 1 fully saturated rings. The van der Waals surface area contributed by atoms with E-state index in [9.17, 15) is 14.0 Å². The first-order valence-corrected chi connectivity index (χ1v) is 11.5. The van der Waals surface area contributed by atoms with Crippen molar-refractivity contribution >= 4 is 35.1 Å². The average Bonchev–Trinajstić information content (AvgIpc) is 3.37. The molecule has 1 atom stereocenters. The first-order valence-electron chi connectivity index (χ1n) is 10.6. The van der Waals surface area contributed by atoms with Crippen LogP contribution < -0.4 is 15.0 Å². The van der Waals surface area contributed by atoms with Crippen molar-refractivity contribution in [2.75, 3.05) is 29.6 Å². The van der Waals surface area contributed by atoms with Gasteiger partial charge in [0.1, 0.15) is 11.6 Å². The highest BCUT2D eigenvalue weighted by atomic mass is 32.2. The zero-order valence-corrected chi connectivity index (χ0v) is 18.8. The average molecular weight is 464 g/mol. The van der Waals surface area contributed by atoms with Crippen LogP contribution in [0.1, 0.15) is 11.1 Å². The number of rotatable bonds is 4. The molecule has 3 aromatic rings. The van der Waals surface area contributed by atoms with Gasteiger partial charge in [-0.05, 0) is 35.9 Å². The third kappa shape index (κ3) is 3.60. The second kappa shape index (κ2) is 8.44. The fourth-order valence-electron chi connectivity index (χ4n) is 4.43. The number of nitrogens with one attached hydrogen (secondary N) is 1. The van der Waals surface area contributed by atoms with Crippen LogP contribution in [0, 0.1) is 5.82 Å². The zero-order chi connectivity index (χ0) is 23.0. The van der Waals surface area contributed by atoms with E-state index in [2.05, 4.69) is 5.32 Å². The van der Waals surface area contributed by atoms with E-state index in [1.165, 1.54) is 23.9 Å². The molecular weight excluding hydrogens is 441 g/mol. The maximum absolute atomic E-state index is 13.9. The van der Waals surface area contributed by atoms with Crippen LogP contribution in [-0.2, 0) is 16.2 Å². The minimum atomic E-state index is -1.16. The summed E-state index contributed by atoms with van der Waals surface area (Å²) >= 11 is 1.45. The molecule has 2 aliphatic rings. The van der Waals surface area contributed by atoms with Gasteiger partial charge in [-0.1, -0.05) is 36.4 Å². The summed E-state index contributed by atoms with van der Waals surface area (Å²) in [5.41, 5.74) is 2.78. The quantitative estimate of drug-likeness (QED) is 0.603. The van der Waals surface area contributed by atoms with E-state index in [0.717, 1.165) is 11.3 Å². The Balaban J connectivity index is 1.49. The first kappa shape index (κ1) is 21.3. The smallest absolute Gasteiger partial charge is 0.323 e. The van der Waals surface area contributed by atoms with Gasteiger partial charge < -0.3 is 15.0 Å². The number of ether oxygens (including phenoxy) is 1. The number of nitrogens with zero attached hydrogens (tertiary/aromatic N) is 2. The van der Waals surface area contributed by atoms with Crippen LogP contribution in [-0.4, -0.2) is 36.2 Å². The second-order valence-electron chi connectivity index (χ2n) is 7.84. The summed E-state index contributed by atoms with van der Waals surface area (Å²) in [7, 11) is 1.56. The van der Waals surface area contributed by atoms with Gasteiger partial charge in [-0.3, -0.25) is 9.69 Å². The third-order valence-corrected chi connectivity index (χ3v) is 7.32. The van der Waals surface area contributed by atoms with Gasteiger partial charge in [-0.2, -0.15) is 0 Å². The van der Waals surface area contributed by atoms with Gasteiger partial charge in [-0.25, -0.2) is 9.18 Å². The molecule has 5 rings (SSSR count). The Bertz CT molecular complexity index is 1240. The normalized spacial score (nSPS) is 19.2. The Morgan fingerprint density at radius 1 is 1.12 bits per heavy atom. The SMILES string of the molecule is COc1cccc(NC(=O)N2CCS[C@@]23C(=O)N(Cc2cccc(F)c2)c2ccccc23)c1. The highest BCUT2D eigenvalue weighted by Crippen LogP contribution is 2.54. The molecule has 0 unspecified atom stereocenters. The van der Waals surface area contributed by atoms with E-state index in [1.807, 2.05) is 24.3 Å². The number of amides is 3. The summed E-state index contributed by atoms with van der Waals surface area (Å²) in [5.74, 6) is 0.703. The molecule has 1 N–H and O–H groups in total. The summed E-state index contributed by atoms with van der Waals surface area (Å²) in [6.07, 6.45) is 0. The molecule has 0 radical (unpaired) electrons. The standard InChI is InChI=1S/C25H22FN3O3S/c1-32-20-9-5-8-19(15-20)27-24(31)29-12-13-33-25(29)21-10-2-3-11-22(21)28(23(25)30)16-17-6-4-7-18(26)14-17/h2-11,14-15H,12-13,16H2,1H3,(H,27,31)/t25-/m0/s1. The van der Waals surface area contributed by atoms with Gasteiger partial charge in [0.15, 0.2) is 4.87 Å². The van der Waals surface area contributed by atoms with Crippen LogP contribution in [0.25, 0.3) is 0 Å². The van der Waals surface area contributed by atoms with Crippen molar-refractivity contribution in [3.05, 3.63) is 89.7 Å². The highest BCUT2D eigenvalue weighted by molar-refractivity contribution is 8.01. The number of fused-ring (bicyclic) bond motifs is 2. The molecule has 0 aliphatic carbocycles. The summed E-state index contributed by atoms with van der Waals surface area (Å²) in [6.45, 7) is 0.648. The van der Waals surface area contributed by atoms with Crippen molar-refractivity contribution in [1.82, 2.24) is 4.90 Å². The molecule has 33 heavy (non-hydrogen) atoms. The Labute approximate surface area is 195 Å². The Morgan fingerprint density at radius 3 is 2.76 bits per heavy atom. The number of halogens is 1. The van der Waals surface area contributed by atoms with Gasteiger partial charge in [-0.15, -0.1) is 11.8 Å². The minimum Gasteiger partial charge on any atom is -0.497 e. The Hall–Kier alpha value is -3.52. The number of hydrogen-bond acceptors (Lipinski definition) is 4. The molecule has 1 saturated heterocycles. The predicted octanol–water partition coefficient (Wildman–Crippen LogP) is 4.81. The summed E-state index contributed by atoms with van der Waals surface area (Å²) in [4.78, 5) is 29.4. The monoisotopic (exact) mass is 463 g/mol. The third-order valence-electron chi connectivity index (χ3n) is 5.90. The van der Waals surface area contributed by atoms with E-state index in [4.69, 9.17) is 4.74 Å². The number of benzene rings is 3. The van der Waals surface area contributed by atoms with Crippen molar-refractivity contribution < 1.29 is 18.7 Å². The van der Waals surface area contributed by atoms with E-state index >= 15 is 0 Å². The summed E-state index contributed by atoms with van der Waals surface area (Å²) in [5, 5.41) is 2.91. The molecule has 2 aliphatic heterocycles. The van der Waals surface area contributed by atoms with Crippen LogP contribution in [0.15, 0.2) is 72.8 Å². The molecule has 8 heteroatoms. The van der Waals surface area contributed by atoms with E-state index in [0.29, 0.717) is 29.3 Å². The van der Waals surface area contributed by atoms with Crippen LogP contribution in [0.2, 0.25) is 0 Å². The number of urea groups is 1. The number of para-hydroxylation sites is 1.